The van der Waals surface area contributed by atoms with Crippen LogP contribution in [-0.4, -0.2) is 16.1 Å². The number of oxime groups is 1. The molecule has 0 unspecified atom stereocenters. The lowest BCUT2D eigenvalue weighted by atomic mass is 10.2. The average Bonchev–Trinajstić information content (AvgIpc) is 2.47. The number of hydrogen-bond donors (Lipinski definition) is 3. The molecule has 2 aromatic carbocycles. The molecule has 104 valence electrons. The van der Waals surface area contributed by atoms with Crippen LogP contribution in [0.3, 0.4) is 0 Å². The predicted octanol–water partition coefficient (Wildman–Crippen LogP) is 2.83. The highest BCUT2D eigenvalue weighted by atomic mass is 79.9. The smallest absolute Gasteiger partial charge is 0.171 e. The van der Waals surface area contributed by atoms with E-state index >= 15 is 0 Å². The fourth-order valence-corrected chi connectivity index (χ4v) is 2.24. The van der Waals surface area contributed by atoms with Gasteiger partial charge in [0.2, 0.25) is 0 Å². The van der Waals surface area contributed by atoms with Gasteiger partial charge in [0.05, 0.1) is 6.61 Å². The van der Waals surface area contributed by atoms with Gasteiger partial charge in [0, 0.05) is 15.6 Å². The number of hydrogen-bond acceptors (Lipinski definition) is 4. The summed E-state index contributed by atoms with van der Waals surface area (Å²) in [7, 11) is 0. The normalized spacial score (nSPS) is 11.4. The molecule has 0 heterocycles. The zero-order chi connectivity index (χ0) is 14.5. The van der Waals surface area contributed by atoms with E-state index in [4.69, 9.17) is 15.7 Å². The van der Waals surface area contributed by atoms with Crippen molar-refractivity contribution in [3.63, 3.8) is 0 Å². The van der Waals surface area contributed by atoms with Gasteiger partial charge in [-0.15, -0.1) is 0 Å². The molecule has 0 radical (unpaired) electrons. The molecule has 0 aliphatic heterocycles. The van der Waals surface area contributed by atoms with Crippen molar-refractivity contribution in [2.75, 3.05) is 0 Å². The van der Waals surface area contributed by atoms with Gasteiger partial charge in [-0.1, -0.05) is 23.4 Å². The Bertz CT molecular complexity index is 644. The van der Waals surface area contributed by atoms with Gasteiger partial charge in [-0.3, -0.25) is 0 Å². The topological polar surface area (TPSA) is 88.1 Å². The summed E-state index contributed by atoms with van der Waals surface area (Å²) in [6, 6.07) is 12.3. The number of amidine groups is 1. The van der Waals surface area contributed by atoms with Crippen molar-refractivity contribution in [3.8, 4) is 11.5 Å². The van der Waals surface area contributed by atoms with Gasteiger partial charge < -0.3 is 20.8 Å². The molecule has 0 aromatic heterocycles. The first-order valence-electron chi connectivity index (χ1n) is 5.79. The Morgan fingerprint density at radius 2 is 2.00 bits per heavy atom. The Morgan fingerprint density at radius 1 is 1.25 bits per heavy atom. The molecule has 2 rings (SSSR count). The van der Waals surface area contributed by atoms with Crippen LogP contribution in [0.2, 0.25) is 0 Å². The summed E-state index contributed by atoms with van der Waals surface area (Å²) in [5, 5.41) is 20.9. The largest absolute Gasteiger partial charge is 0.457 e. The summed E-state index contributed by atoms with van der Waals surface area (Å²) in [6.07, 6.45) is 0. The number of aliphatic hydroxyl groups excluding tert-OH is 1. The second-order valence-corrected chi connectivity index (χ2v) is 4.85. The summed E-state index contributed by atoms with van der Waals surface area (Å²) < 4.78 is 6.36. The van der Waals surface area contributed by atoms with Crippen molar-refractivity contribution >= 4 is 21.8 Å². The first kappa shape index (κ1) is 14.4. The van der Waals surface area contributed by atoms with Crippen LogP contribution in [0.15, 0.2) is 52.1 Å². The highest BCUT2D eigenvalue weighted by Crippen LogP contribution is 2.29. The zero-order valence-corrected chi connectivity index (χ0v) is 12.0. The summed E-state index contributed by atoms with van der Waals surface area (Å²) in [5.41, 5.74) is 6.80. The number of nitrogens with two attached hydrogens (primary N) is 1. The van der Waals surface area contributed by atoms with Crippen LogP contribution in [0.1, 0.15) is 11.1 Å². The third-order valence-corrected chi connectivity index (χ3v) is 3.35. The lowest BCUT2D eigenvalue weighted by Crippen LogP contribution is -2.13. The summed E-state index contributed by atoms with van der Waals surface area (Å²) >= 11 is 3.34. The van der Waals surface area contributed by atoms with Crippen LogP contribution in [-0.2, 0) is 6.61 Å². The molecule has 0 bridgehead atoms. The van der Waals surface area contributed by atoms with Gasteiger partial charge in [-0.2, -0.15) is 0 Å². The molecule has 4 N–H and O–H groups in total. The molecule has 20 heavy (non-hydrogen) atoms. The van der Waals surface area contributed by atoms with Gasteiger partial charge >= 0.3 is 0 Å². The number of para-hydroxylation sites is 1. The van der Waals surface area contributed by atoms with Crippen LogP contribution < -0.4 is 10.5 Å². The van der Waals surface area contributed by atoms with Crippen LogP contribution in [0.4, 0.5) is 0 Å². The molecule has 5 nitrogen and oxygen atoms in total. The number of aliphatic hydroxyl groups is 1. The number of benzene rings is 2. The Morgan fingerprint density at radius 3 is 2.65 bits per heavy atom. The molecular weight excluding hydrogens is 324 g/mol. The van der Waals surface area contributed by atoms with Crippen molar-refractivity contribution in [1.82, 2.24) is 0 Å². The van der Waals surface area contributed by atoms with Crippen molar-refractivity contribution < 1.29 is 15.1 Å². The second-order valence-electron chi connectivity index (χ2n) is 3.99. The van der Waals surface area contributed by atoms with Gasteiger partial charge in [0.25, 0.3) is 0 Å². The second kappa shape index (κ2) is 6.40. The van der Waals surface area contributed by atoms with E-state index in [0.29, 0.717) is 27.1 Å². The van der Waals surface area contributed by atoms with Crippen LogP contribution >= 0.6 is 15.9 Å². The summed E-state index contributed by atoms with van der Waals surface area (Å²) in [5.74, 6) is 1.17. The Kier molecular flexibility index (Phi) is 4.60. The van der Waals surface area contributed by atoms with Gasteiger partial charge in [-0.05, 0) is 40.2 Å². The third kappa shape index (κ3) is 3.09. The van der Waals surface area contributed by atoms with E-state index in [2.05, 4.69) is 21.1 Å². The fraction of sp³-hybridized carbons (Fsp3) is 0.0714. The first-order valence-corrected chi connectivity index (χ1v) is 6.59. The van der Waals surface area contributed by atoms with E-state index in [9.17, 15) is 5.11 Å². The molecule has 0 spiro atoms. The van der Waals surface area contributed by atoms with Crippen molar-refractivity contribution in [3.05, 3.63) is 58.1 Å². The maximum absolute atomic E-state index is 9.25. The maximum Gasteiger partial charge on any atom is 0.171 e. The number of nitrogens with zero attached hydrogens (tertiary/aromatic N) is 1. The molecule has 0 aliphatic rings. The lowest BCUT2D eigenvalue weighted by Gasteiger charge is -2.11. The summed E-state index contributed by atoms with van der Waals surface area (Å²) in [6.45, 7) is -0.0977. The quantitative estimate of drug-likeness (QED) is 0.346. The predicted molar refractivity (Wildman–Crippen MR) is 79.1 cm³/mol. The SMILES string of the molecule is N/C(=N/O)c1ccc(Oc2ccccc2CO)cc1Br. The minimum Gasteiger partial charge on any atom is -0.457 e. The van der Waals surface area contributed by atoms with Gasteiger partial charge in [0.15, 0.2) is 5.84 Å². The van der Waals surface area contributed by atoms with Gasteiger partial charge in [0.1, 0.15) is 11.5 Å². The third-order valence-electron chi connectivity index (χ3n) is 2.70. The molecule has 0 saturated carbocycles. The number of ether oxygens (including phenoxy) is 1. The average molecular weight is 337 g/mol. The van der Waals surface area contributed by atoms with Crippen molar-refractivity contribution in [1.29, 1.82) is 0 Å². The monoisotopic (exact) mass is 336 g/mol. The van der Waals surface area contributed by atoms with E-state index in [1.807, 2.05) is 12.1 Å². The molecule has 0 aliphatic carbocycles. The minimum absolute atomic E-state index is 0.0131. The molecular formula is C14H13BrN2O3. The molecule has 0 amide bonds. The maximum atomic E-state index is 9.25. The van der Waals surface area contributed by atoms with E-state index in [1.165, 1.54) is 0 Å². The minimum atomic E-state index is -0.0977. The van der Waals surface area contributed by atoms with Crippen LogP contribution in [0, 0.1) is 0 Å². The van der Waals surface area contributed by atoms with E-state index in [-0.39, 0.29) is 12.4 Å². The van der Waals surface area contributed by atoms with Crippen molar-refractivity contribution in [2.24, 2.45) is 10.9 Å². The van der Waals surface area contributed by atoms with E-state index in [0.717, 1.165) is 0 Å². The molecule has 0 fully saturated rings. The molecule has 0 saturated heterocycles. The fourth-order valence-electron chi connectivity index (χ4n) is 1.68. The first-order chi connectivity index (χ1) is 9.65. The number of halogens is 1. The molecule has 2 aromatic rings. The Hall–Kier alpha value is -2.05. The van der Waals surface area contributed by atoms with Crippen LogP contribution in [0.25, 0.3) is 0 Å². The summed E-state index contributed by atoms with van der Waals surface area (Å²) in [4.78, 5) is 0. The molecule has 0 atom stereocenters. The Labute approximate surface area is 124 Å². The van der Waals surface area contributed by atoms with E-state index < -0.39 is 0 Å². The number of rotatable bonds is 4. The van der Waals surface area contributed by atoms with Crippen LogP contribution in [0.5, 0.6) is 11.5 Å². The molecule has 6 heteroatoms. The van der Waals surface area contributed by atoms with Crippen molar-refractivity contribution in [2.45, 2.75) is 6.61 Å². The lowest BCUT2D eigenvalue weighted by molar-refractivity contribution is 0.276. The van der Waals surface area contributed by atoms with E-state index in [1.54, 1.807) is 30.3 Å². The highest BCUT2D eigenvalue weighted by Gasteiger charge is 2.08. The van der Waals surface area contributed by atoms with Gasteiger partial charge in [-0.25, -0.2) is 0 Å². The Balaban J connectivity index is 2.29. The zero-order valence-electron chi connectivity index (χ0n) is 10.5. The highest BCUT2D eigenvalue weighted by molar-refractivity contribution is 9.10. The standard InChI is InChI=1S/C14H13BrN2O3/c15-12-7-10(5-6-11(12)14(16)17-19)20-13-4-2-1-3-9(13)8-18/h1-7,18-19H,8H2,(H2,16,17).